The van der Waals surface area contributed by atoms with Gasteiger partial charge in [-0.1, -0.05) is 5.57 Å². The number of allylic oxidation sites excluding steroid dienone is 2. The number of aryl methyl sites for hydroxylation is 1. The SMILES string of the molecule is CC(C)=CC(=O)n1nc(C)cc1N. The number of hydrogen-bond acceptors (Lipinski definition) is 3. The van der Waals surface area contributed by atoms with Gasteiger partial charge in [-0.3, -0.25) is 4.79 Å². The van der Waals surface area contributed by atoms with Crippen LogP contribution in [0.4, 0.5) is 5.82 Å². The van der Waals surface area contributed by atoms with Crippen molar-refractivity contribution in [2.75, 3.05) is 5.73 Å². The smallest absolute Gasteiger partial charge is 0.272 e. The highest BCUT2D eigenvalue weighted by Crippen LogP contribution is 2.05. The Morgan fingerprint density at radius 1 is 1.62 bits per heavy atom. The molecule has 0 unspecified atom stereocenters. The van der Waals surface area contributed by atoms with E-state index in [9.17, 15) is 4.79 Å². The number of aromatic nitrogens is 2. The number of nitrogens with two attached hydrogens (primary N) is 1. The van der Waals surface area contributed by atoms with Crippen LogP contribution in [0.1, 0.15) is 24.3 Å². The first kappa shape index (κ1) is 9.51. The number of carbonyl (C=O) groups excluding carboxylic acids is 1. The lowest BCUT2D eigenvalue weighted by Crippen LogP contribution is -2.12. The van der Waals surface area contributed by atoms with Gasteiger partial charge in [-0.25, -0.2) is 0 Å². The second kappa shape index (κ2) is 3.43. The normalized spacial score (nSPS) is 9.77. The molecule has 2 N–H and O–H groups in total. The second-order valence-corrected chi connectivity index (χ2v) is 3.18. The van der Waals surface area contributed by atoms with Crippen molar-refractivity contribution in [3.63, 3.8) is 0 Å². The Kier molecular flexibility index (Phi) is 2.51. The minimum Gasteiger partial charge on any atom is -0.383 e. The number of rotatable bonds is 1. The van der Waals surface area contributed by atoms with Crippen LogP contribution in [0.25, 0.3) is 0 Å². The van der Waals surface area contributed by atoms with Crippen LogP contribution in [-0.2, 0) is 0 Å². The molecule has 1 rings (SSSR count). The minimum absolute atomic E-state index is 0.203. The summed E-state index contributed by atoms with van der Waals surface area (Å²) in [5.74, 6) is 0.172. The average molecular weight is 179 g/mol. The molecule has 70 valence electrons. The highest BCUT2D eigenvalue weighted by atomic mass is 16.2. The number of hydrogen-bond donors (Lipinski definition) is 1. The van der Waals surface area contributed by atoms with E-state index in [1.807, 2.05) is 13.8 Å². The monoisotopic (exact) mass is 179 g/mol. The van der Waals surface area contributed by atoms with Crippen molar-refractivity contribution in [1.82, 2.24) is 9.78 Å². The molecule has 0 aliphatic heterocycles. The lowest BCUT2D eigenvalue weighted by atomic mass is 10.3. The van der Waals surface area contributed by atoms with E-state index in [-0.39, 0.29) is 5.91 Å². The largest absolute Gasteiger partial charge is 0.383 e. The zero-order valence-corrected chi connectivity index (χ0v) is 8.03. The summed E-state index contributed by atoms with van der Waals surface area (Å²) in [5.41, 5.74) is 7.24. The molecule has 0 saturated carbocycles. The molecule has 0 aromatic carbocycles. The lowest BCUT2D eigenvalue weighted by Gasteiger charge is -1.97. The van der Waals surface area contributed by atoms with E-state index in [1.165, 1.54) is 10.8 Å². The number of nitrogen functional groups attached to an aromatic ring is 1. The molecule has 0 saturated heterocycles. The molecule has 1 aromatic rings. The quantitative estimate of drug-likeness (QED) is 0.662. The van der Waals surface area contributed by atoms with Crippen molar-refractivity contribution in [1.29, 1.82) is 0 Å². The molecular formula is C9H13N3O. The molecule has 0 aliphatic rings. The summed E-state index contributed by atoms with van der Waals surface area (Å²) in [5, 5.41) is 3.96. The second-order valence-electron chi connectivity index (χ2n) is 3.18. The highest BCUT2D eigenvalue weighted by Gasteiger charge is 2.07. The molecule has 0 amide bonds. The van der Waals surface area contributed by atoms with Gasteiger partial charge in [0.05, 0.1) is 5.69 Å². The van der Waals surface area contributed by atoms with E-state index in [1.54, 1.807) is 13.0 Å². The third kappa shape index (κ3) is 2.18. The Bertz CT molecular complexity index is 359. The van der Waals surface area contributed by atoms with Crippen LogP contribution in [0.5, 0.6) is 0 Å². The Balaban J connectivity index is 3.02. The summed E-state index contributed by atoms with van der Waals surface area (Å²) in [6, 6.07) is 1.66. The summed E-state index contributed by atoms with van der Waals surface area (Å²) >= 11 is 0. The topological polar surface area (TPSA) is 60.9 Å². The molecule has 0 atom stereocenters. The first-order chi connectivity index (χ1) is 6.00. The van der Waals surface area contributed by atoms with E-state index in [2.05, 4.69) is 5.10 Å². The predicted molar refractivity (Wildman–Crippen MR) is 51.4 cm³/mol. The van der Waals surface area contributed by atoms with E-state index < -0.39 is 0 Å². The van der Waals surface area contributed by atoms with Gasteiger partial charge >= 0.3 is 0 Å². The predicted octanol–water partition coefficient (Wildman–Crippen LogP) is 1.38. The Labute approximate surface area is 77.0 Å². The van der Waals surface area contributed by atoms with Crippen molar-refractivity contribution >= 4 is 11.7 Å². The third-order valence-electron chi connectivity index (χ3n) is 1.48. The van der Waals surface area contributed by atoms with Crippen LogP contribution in [0.15, 0.2) is 17.7 Å². The van der Waals surface area contributed by atoms with E-state index in [0.29, 0.717) is 5.82 Å². The zero-order valence-electron chi connectivity index (χ0n) is 8.03. The minimum atomic E-state index is -0.203. The van der Waals surface area contributed by atoms with Crippen molar-refractivity contribution in [2.45, 2.75) is 20.8 Å². The van der Waals surface area contributed by atoms with Crippen LogP contribution in [0, 0.1) is 6.92 Å². The molecule has 0 fully saturated rings. The van der Waals surface area contributed by atoms with Crippen molar-refractivity contribution < 1.29 is 4.79 Å². The first-order valence-electron chi connectivity index (χ1n) is 4.02. The zero-order chi connectivity index (χ0) is 10.0. The maximum Gasteiger partial charge on any atom is 0.272 e. The molecular weight excluding hydrogens is 166 g/mol. The summed E-state index contributed by atoms with van der Waals surface area (Å²) in [6.45, 7) is 5.50. The van der Waals surface area contributed by atoms with Gasteiger partial charge in [-0.15, -0.1) is 0 Å². The third-order valence-corrected chi connectivity index (χ3v) is 1.48. The van der Waals surface area contributed by atoms with Gasteiger partial charge in [-0.2, -0.15) is 9.78 Å². The van der Waals surface area contributed by atoms with E-state index >= 15 is 0 Å². The summed E-state index contributed by atoms with van der Waals surface area (Å²) in [7, 11) is 0. The van der Waals surface area contributed by atoms with Crippen molar-refractivity contribution in [3.8, 4) is 0 Å². The Morgan fingerprint density at radius 3 is 2.62 bits per heavy atom. The maximum absolute atomic E-state index is 11.4. The molecule has 1 aromatic heterocycles. The molecule has 0 spiro atoms. The first-order valence-corrected chi connectivity index (χ1v) is 4.02. The van der Waals surface area contributed by atoms with Crippen LogP contribution in [0.2, 0.25) is 0 Å². The number of nitrogens with zero attached hydrogens (tertiary/aromatic N) is 2. The fraction of sp³-hybridized carbons (Fsp3) is 0.333. The number of carbonyl (C=O) groups is 1. The van der Waals surface area contributed by atoms with Crippen LogP contribution in [-0.4, -0.2) is 15.7 Å². The molecule has 0 aliphatic carbocycles. The van der Waals surface area contributed by atoms with Gasteiger partial charge in [0.2, 0.25) is 0 Å². The standard InChI is InChI=1S/C9H13N3O/c1-6(2)4-9(13)12-8(10)5-7(3)11-12/h4-5H,10H2,1-3H3. The fourth-order valence-electron chi connectivity index (χ4n) is 1.00. The molecule has 0 bridgehead atoms. The van der Waals surface area contributed by atoms with Gasteiger partial charge in [0.1, 0.15) is 5.82 Å². The average Bonchev–Trinajstić information content (AvgIpc) is 2.28. The van der Waals surface area contributed by atoms with Gasteiger partial charge in [0.15, 0.2) is 0 Å². The van der Waals surface area contributed by atoms with Gasteiger partial charge in [0, 0.05) is 12.1 Å². The van der Waals surface area contributed by atoms with Crippen LogP contribution >= 0.6 is 0 Å². The van der Waals surface area contributed by atoms with Crippen molar-refractivity contribution in [2.24, 2.45) is 0 Å². The highest BCUT2D eigenvalue weighted by molar-refractivity contribution is 5.91. The summed E-state index contributed by atoms with van der Waals surface area (Å²) in [6.07, 6.45) is 1.50. The van der Waals surface area contributed by atoms with Gasteiger partial charge in [-0.05, 0) is 20.8 Å². The van der Waals surface area contributed by atoms with Crippen LogP contribution in [0.3, 0.4) is 0 Å². The van der Waals surface area contributed by atoms with E-state index in [0.717, 1.165) is 11.3 Å². The van der Waals surface area contributed by atoms with Crippen molar-refractivity contribution in [3.05, 3.63) is 23.4 Å². The molecule has 13 heavy (non-hydrogen) atoms. The number of anilines is 1. The molecule has 1 heterocycles. The molecule has 4 nitrogen and oxygen atoms in total. The van der Waals surface area contributed by atoms with Gasteiger partial charge in [0.25, 0.3) is 5.91 Å². The van der Waals surface area contributed by atoms with Crippen LogP contribution < -0.4 is 5.73 Å². The maximum atomic E-state index is 11.4. The lowest BCUT2D eigenvalue weighted by molar-refractivity contribution is 0.0956. The van der Waals surface area contributed by atoms with E-state index in [4.69, 9.17) is 5.73 Å². The summed E-state index contributed by atoms with van der Waals surface area (Å²) < 4.78 is 1.20. The summed E-state index contributed by atoms with van der Waals surface area (Å²) in [4.78, 5) is 11.4. The molecule has 4 heteroatoms. The Hall–Kier alpha value is -1.58. The molecule has 0 radical (unpaired) electrons. The Morgan fingerprint density at radius 2 is 2.23 bits per heavy atom. The van der Waals surface area contributed by atoms with Gasteiger partial charge < -0.3 is 5.73 Å². The fourth-order valence-corrected chi connectivity index (χ4v) is 1.00.